The Balaban J connectivity index is 1.82. The van der Waals surface area contributed by atoms with E-state index in [1.54, 1.807) is 0 Å². The predicted octanol–water partition coefficient (Wildman–Crippen LogP) is 0.0955. The van der Waals surface area contributed by atoms with Gasteiger partial charge in [0.2, 0.25) is 15.9 Å². The van der Waals surface area contributed by atoms with Crippen LogP contribution in [0.2, 0.25) is 0 Å². The highest BCUT2D eigenvalue weighted by molar-refractivity contribution is 7.89. The number of aromatic nitrogens is 1. The molecule has 2 heterocycles. The maximum Gasteiger partial charge on any atom is 0.245 e. The van der Waals surface area contributed by atoms with Gasteiger partial charge in [-0.3, -0.25) is 4.79 Å². The van der Waals surface area contributed by atoms with Gasteiger partial charge >= 0.3 is 0 Å². The first kappa shape index (κ1) is 14.3. The van der Waals surface area contributed by atoms with E-state index < -0.39 is 16.1 Å². The third-order valence-corrected chi connectivity index (χ3v) is 5.69. The quantitative estimate of drug-likeness (QED) is 0.820. The minimum atomic E-state index is -3.71. The topological polar surface area (TPSA) is 105 Å². The first-order chi connectivity index (χ1) is 9.98. The number of hydrogen-bond acceptors (Lipinski definition) is 5. The van der Waals surface area contributed by atoms with E-state index in [0.29, 0.717) is 19.4 Å². The van der Waals surface area contributed by atoms with Crippen LogP contribution in [0.4, 0.5) is 5.82 Å². The minimum Gasteiger partial charge on any atom is -0.384 e. The molecule has 1 aromatic heterocycles. The number of nitrogens with two attached hydrogens (primary N) is 1. The normalized spacial score (nSPS) is 23.1. The van der Waals surface area contributed by atoms with Crippen molar-refractivity contribution in [3.63, 3.8) is 0 Å². The Hall–Kier alpha value is -1.67. The Kier molecular flexibility index (Phi) is 3.58. The Labute approximate surface area is 123 Å². The van der Waals surface area contributed by atoms with Crippen molar-refractivity contribution in [1.82, 2.24) is 14.6 Å². The molecule has 2 fully saturated rings. The summed E-state index contributed by atoms with van der Waals surface area (Å²) in [5.74, 6) is 0.0698. The molecule has 1 aliphatic heterocycles. The molecule has 1 aliphatic carbocycles. The summed E-state index contributed by atoms with van der Waals surface area (Å²) in [6.45, 7) is 0.357. The first-order valence-corrected chi connectivity index (χ1v) is 8.46. The van der Waals surface area contributed by atoms with Crippen molar-refractivity contribution in [2.24, 2.45) is 0 Å². The molecule has 3 rings (SSSR count). The van der Waals surface area contributed by atoms with Gasteiger partial charge in [0.15, 0.2) is 0 Å². The zero-order valence-corrected chi connectivity index (χ0v) is 12.3. The second kappa shape index (κ2) is 5.27. The zero-order chi connectivity index (χ0) is 15.0. The fraction of sp³-hybridized carbons (Fsp3) is 0.538. The number of rotatable bonds is 4. The average molecular weight is 310 g/mol. The zero-order valence-electron chi connectivity index (χ0n) is 11.5. The van der Waals surface area contributed by atoms with Crippen molar-refractivity contribution < 1.29 is 13.2 Å². The Morgan fingerprint density at radius 1 is 1.33 bits per heavy atom. The molecule has 114 valence electrons. The molecule has 8 heteroatoms. The molecule has 0 aromatic carbocycles. The summed E-state index contributed by atoms with van der Waals surface area (Å²) >= 11 is 0. The smallest absolute Gasteiger partial charge is 0.245 e. The van der Waals surface area contributed by atoms with E-state index in [1.807, 2.05) is 0 Å². The van der Waals surface area contributed by atoms with Crippen molar-refractivity contribution in [1.29, 1.82) is 0 Å². The van der Waals surface area contributed by atoms with Crippen LogP contribution in [0.15, 0.2) is 23.2 Å². The van der Waals surface area contributed by atoms with Gasteiger partial charge in [0.1, 0.15) is 16.8 Å². The summed E-state index contributed by atoms with van der Waals surface area (Å²) in [5.41, 5.74) is 5.48. The standard InChI is InChI=1S/C13H18N4O3S/c14-12-6-5-10(8-15-12)21(19,20)17-7-1-2-11(17)13(18)16-9-3-4-9/h5-6,8-9,11H,1-4,7H2,(H2,14,15)(H,16,18). The Morgan fingerprint density at radius 2 is 2.10 bits per heavy atom. The molecular formula is C13H18N4O3S. The summed E-state index contributed by atoms with van der Waals surface area (Å²) in [5, 5.41) is 2.88. The second-order valence-corrected chi connectivity index (χ2v) is 7.37. The molecule has 2 aliphatic rings. The van der Waals surface area contributed by atoms with E-state index in [-0.39, 0.29) is 22.7 Å². The van der Waals surface area contributed by atoms with Crippen LogP contribution in [0.25, 0.3) is 0 Å². The highest BCUT2D eigenvalue weighted by Gasteiger charge is 2.40. The number of carbonyl (C=O) groups is 1. The number of pyridine rings is 1. The molecule has 7 nitrogen and oxygen atoms in total. The van der Waals surface area contributed by atoms with Crippen LogP contribution in [0.3, 0.4) is 0 Å². The fourth-order valence-electron chi connectivity index (χ4n) is 2.49. The summed E-state index contributed by atoms with van der Waals surface area (Å²) in [6.07, 6.45) is 4.43. The number of nitrogen functional groups attached to an aromatic ring is 1. The van der Waals surface area contributed by atoms with Crippen molar-refractivity contribution in [2.75, 3.05) is 12.3 Å². The molecule has 1 amide bonds. The van der Waals surface area contributed by atoms with E-state index in [2.05, 4.69) is 10.3 Å². The van der Waals surface area contributed by atoms with Crippen LogP contribution in [0.5, 0.6) is 0 Å². The van der Waals surface area contributed by atoms with Gasteiger partial charge in [-0.05, 0) is 37.8 Å². The molecule has 1 atom stereocenters. The second-order valence-electron chi connectivity index (χ2n) is 5.48. The van der Waals surface area contributed by atoms with Crippen molar-refractivity contribution in [2.45, 2.75) is 42.7 Å². The molecule has 0 bridgehead atoms. The third-order valence-electron chi connectivity index (χ3n) is 3.80. The molecule has 0 radical (unpaired) electrons. The molecule has 1 saturated heterocycles. The first-order valence-electron chi connectivity index (χ1n) is 7.02. The van der Waals surface area contributed by atoms with Crippen LogP contribution in [0.1, 0.15) is 25.7 Å². The van der Waals surface area contributed by atoms with E-state index in [0.717, 1.165) is 12.8 Å². The number of amides is 1. The average Bonchev–Trinajstić information content (AvgIpc) is 3.11. The monoisotopic (exact) mass is 310 g/mol. The summed E-state index contributed by atoms with van der Waals surface area (Å²) in [4.78, 5) is 16.1. The predicted molar refractivity (Wildman–Crippen MR) is 76.7 cm³/mol. The van der Waals surface area contributed by atoms with Crippen LogP contribution in [-0.2, 0) is 14.8 Å². The summed E-state index contributed by atoms with van der Waals surface area (Å²) in [6, 6.07) is 2.47. The molecule has 1 aromatic rings. The van der Waals surface area contributed by atoms with Gasteiger partial charge in [-0.25, -0.2) is 13.4 Å². The van der Waals surface area contributed by atoms with E-state index in [4.69, 9.17) is 5.73 Å². The maximum absolute atomic E-state index is 12.6. The lowest BCUT2D eigenvalue weighted by atomic mass is 10.2. The molecule has 1 unspecified atom stereocenters. The van der Waals surface area contributed by atoms with E-state index in [9.17, 15) is 13.2 Å². The highest BCUT2D eigenvalue weighted by Crippen LogP contribution is 2.27. The number of nitrogens with zero attached hydrogens (tertiary/aromatic N) is 2. The number of sulfonamides is 1. The van der Waals surface area contributed by atoms with Gasteiger partial charge in [0.25, 0.3) is 0 Å². The van der Waals surface area contributed by atoms with E-state index in [1.165, 1.54) is 22.6 Å². The van der Waals surface area contributed by atoms with Gasteiger partial charge in [-0.15, -0.1) is 0 Å². The molecule has 3 N–H and O–H groups in total. The van der Waals surface area contributed by atoms with Crippen molar-refractivity contribution in [3.05, 3.63) is 18.3 Å². The Bertz CT molecular complexity index is 640. The summed E-state index contributed by atoms with van der Waals surface area (Å²) < 4.78 is 26.5. The van der Waals surface area contributed by atoms with Crippen LogP contribution < -0.4 is 11.1 Å². The number of hydrogen-bond donors (Lipinski definition) is 2. The summed E-state index contributed by atoms with van der Waals surface area (Å²) in [7, 11) is -3.71. The maximum atomic E-state index is 12.6. The van der Waals surface area contributed by atoms with Gasteiger partial charge in [0, 0.05) is 18.8 Å². The SMILES string of the molecule is Nc1ccc(S(=O)(=O)N2CCCC2C(=O)NC2CC2)cn1. The van der Waals surface area contributed by atoms with Crippen LogP contribution in [-0.4, -0.2) is 42.2 Å². The van der Waals surface area contributed by atoms with Crippen LogP contribution >= 0.6 is 0 Å². The van der Waals surface area contributed by atoms with Crippen molar-refractivity contribution in [3.8, 4) is 0 Å². The lowest BCUT2D eigenvalue weighted by Gasteiger charge is -2.23. The number of carbonyl (C=O) groups excluding carboxylic acids is 1. The molecular weight excluding hydrogens is 292 g/mol. The Morgan fingerprint density at radius 3 is 2.71 bits per heavy atom. The van der Waals surface area contributed by atoms with Gasteiger partial charge < -0.3 is 11.1 Å². The third kappa shape index (κ3) is 2.86. The van der Waals surface area contributed by atoms with Crippen molar-refractivity contribution >= 4 is 21.7 Å². The van der Waals surface area contributed by atoms with Gasteiger partial charge in [-0.1, -0.05) is 0 Å². The number of anilines is 1. The highest BCUT2D eigenvalue weighted by atomic mass is 32.2. The van der Waals surface area contributed by atoms with Crippen LogP contribution in [0, 0.1) is 0 Å². The molecule has 1 saturated carbocycles. The van der Waals surface area contributed by atoms with Gasteiger partial charge in [0.05, 0.1) is 0 Å². The lowest BCUT2D eigenvalue weighted by Crippen LogP contribution is -2.46. The fourth-order valence-corrected chi connectivity index (χ4v) is 4.10. The lowest BCUT2D eigenvalue weighted by molar-refractivity contribution is -0.124. The largest absolute Gasteiger partial charge is 0.384 e. The van der Waals surface area contributed by atoms with E-state index >= 15 is 0 Å². The molecule has 21 heavy (non-hydrogen) atoms. The minimum absolute atomic E-state index is 0.0721. The molecule has 0 spiro atoms. The van der Waals surface area contributed by atoms with Gasteiger partial charge in [-0.2, -0.15) is 4.31 Å². The number of nitrogens with one attached hydrogen (secondary N) is 1.